The van der Waals surface area contributed by atoms with E-state index in [-0.39, 0.29) is 17.6 Å². The molecule has 2 aliphatic rings. The number of anilines is 1. The summed E-state index contributed by atoms with van der Waals surface area (Å²) in [6.07, 6.45) is 2.92. The summed E-state index contributed by atoms with van der Waals surface area (Å²) in [5, 5.41) is 3.41. The standard InChI is InChI=1S/C22H35FN6O/c1-2-25-22(26-10-4-12-27-11-3-5-18(17-27)21(24)30)29-15-13-28(14-16-29)20-8-6-19(23)7-9-20/h6-9,18H,2-5,10-17H2,1H3,(H2,24,30)(H,25,26). The van der Waals surface area contributed by atoms with Crippen LogP contribution < -0.4 is 16.0 Å². The van der Waals surface area contributed by atoms with Crippen molar-refractivity contribution in [2.75, 3.05) is 63.8 Å². The van der Waals surface area contributed by atoms with E-state index in [2.05, 4.69) is 26.9 Å². The van der Waals surface area contributed by atoms with E-state index in [9.17, 15) is 9.18 Å². The Labute approximate surface area is 179 Å². The Morgan fingerprint density at radius 2 is 1.93 bits per heavy atom. The molecule has 2 heterocycles. The fourth-order valence-corrected chi connectivity index (χ4v) is 4.22. The van der Waals surface area contributed by atoms with Crippen molar-refractivity contribution in [3.63, 3.8) is 0 Å². The molecule has 7 nitrogen and oxygen atoms in total. The molecule has 0 radical (unpaired) electrons. The average Bonchev–Trinajstić information content (AvgIpc) is 2.77. The van der Waals surface area contributed by atoms with Gasteiger partial charge in [-0.2, -0.15) is 0 Å². The van der Waals surface area contributed by atoms with Gasteiger partial charge in [0.1, 0.15) is 5.82 Å². The van der Waals surface area contributed by atoms with Crippen molar-refractivity contribution in [3.8, 4) is 0 Å². The summed E-state index contributed by atoms with van der Waals surface area (Å²) in [7, 11) is 0. The number of benzene rings is 1. The first-order valence-electron chi connectivity index (χ1n) is 11.1. The third-order valence-electron chi connectivity index (χ3n) is 5.91. The van der Waals surface area contributed by atoms with Gasteiger partial charge in [0.25, 0.3) is 0 Å². The highest BCUT2D eigenvalue weighted by molar-refractivity contribution is 5.80. The van der Waals surface area contributed by atoms with Gasteiger partial charge in [-0.25, -0.2) is 4.39 Å². The van der Waals surface area contributed by atoms with Gasteiger partial charge < -0.3 is 25.8 Å². The van der Waals surface area contributed by atoms with Crippen molar-refractivity contribution in [2.45, 2.75) is 26.2 Å². The van der Waals surface area contributed by atoms with Gasteiger partial charge in [0.2, 0.25) is 5.91 Å². The van der Waals surface area contributed by atoms with Crippen LogP contribution in [-0.2, 0) is 4.79 Å². The average molecular weight is 419 g/mol. The van der Waals surface area contributed by atoms with Crippen LogP contribution in [-0.4, -0.2) is 80.6 Å². The van der Waals surface area contributed by atoms with Gasteiger partial charge in [-0.05, 0) is 63.5 Å². The Hall–Kier alpha value is -2.35. The number of nitrogens with two attached hydrogens (primary N) is 1. The highest BCUT2D eigenvalue weighted by Crippen LogP contribution is 2.17. The smallest absolute Gasteiger partial charge is 0.221 e. The van der Waals surface area contributed by atoms with Crippen LogP contribution in [0.3, 0.4) is 0 Å². The number of piperazine rings is 1. The SMILES string of the molecule is CCNC(=NCCCN1CCCC(C(N)=O)C1)N1CCN(c2ccc(F)cc2)CC1. The van der Waals surface area contributed by atoms with E-state index in [0.717, 1.165) is 89.8 Å². The highest BCUT2D eigenvalue weighted by Gasteiger charge is 2.23. The summed E-state index contributed by atoms with van der Waals surface area (Å²) in [6.45, 7) is 10.00. The second-order valence-electron chi connectivity index (χ2n) is 8.08. The van der Waals surface area contributed by atoms with Crippen LogP contribution in [0.25, 0.3) is 0 Å². The Bertz CT molecular complexity index is 702. The van der Waals surface area contributed by atoms with E-state index in [1.165, 1.54) is 12.1 Å². The minimum atomic E-state index is -0.200. The number of aliphatic imine (C=N–C) groups is 1. The zero-order valence-corrected chi connectivity index (χ0v) is 18.0. The Balaban J connectivity index is 1.45. The fraction of sp³-hybridized carbons (Fsp3) is 0.636. The number of likely N-dealkylation sites (tertiary alicyclic amines) is 1. The molecule has 3 rings (SSSR count). The molecule has 1 aromatic rings. The third-order valence-corrected chi connectivity index (χ3v) is 5.91. The van der Waals surface area contributed by atoms with Gasteiger partial charge in [0.05, 0.1) is 5.92 Å². The summed E-state index contributed by atoms with van der Waals surface area (Å²) in [6, 6.07) is 6.71. The number of nitrogens with zero attached hydrogens (tertiary/aromatic N) is 4. The molecule has 0 aromatic heterocycles. The number of guanidine groups is 1. The maximum atomic E-state index is 13.2. The lowest BCUT2D eigenvalue weighted by molar-refractivity contribution is -0.123. The van der Waals surface area contributed by atoms with Crippen molar-refractivity contribution in [1.82, 2.24) is 15.1 Å². The van der Waals surface area contributed by atoms with Crippen LogP contribution >= 0.6 is 0 Å². The lowest BCUT2D eigenvalue weighted by Crippen LogP contribution is -2.52. The van der Waals surface area contributed by atoms with Crippen LogP contribution in [0.5, 0.6) is 0 Å². The van der Waals surface area contributed by atoms with E-state index in [1.54, 1.807) is 0 Å². The number of amides is 1. The number of hydrogen-bond donors (Lipinski definition) is 2. The molecule has 0 bridgehead atoms. The molecule has 1 unspecified atom stereocenters. The first kappa shape index (κ1) is 22.3. The lowest BCUT2D eigenvalue weighted by Gasteiger charge is -2.37. The van der Waals surface area contributed by atoms with Gasteiger partial charge >= 0.3 is 0 Å². The molecule has 3 N–H and O–H groups in total. The summed E-state index contributed by atoms with van der Waals surface area (Å²) < 4.78 is 13.2. The van der Waals surface area contributed by atoms with Crippen LogP contribution in [0.1, 0.15) is 26.2 Å². The molecule has 1 aromatic carbocycles. The van der Waals surface area contributed by atoms with Crippen molar-refractivity contribution in [3.05, 3.63) is 30.1 Å². The fourth-order valence-electron chi connectivity index (χ4n) is 4.22. The zero-order chi connectivity index (χ0) is 21.3. The predicted octanol–water partition coefficient (Wildman–Crippen LogP) is 1.50. The quantitative estimate of drug-likeness (QED) is 0.399. The normalized spacial score (nSPS) is 21.0. The Morgan fingerprint density at radius 3 is 2.60 bits per heavy atom. The van der Waals surface area contributed by atoms with Crippen LogP contribution in [0.4, 0.5) is 10.1 Å². The summed E-state index contributed by atoms with van der Waals surface area (Å²) in [4.78, 5) is 23.2. The number of hydrogen-bond acceptors (Lipinski definition) is 4. The molecule has 166 valence electrons. The van der Waals surface area contributed by atoms with E-state index in [1.807, 2.05) is 12.1 Å². The topological polar surface area (TPSA) is 77.2 Å². The first-order valence-corrected chi connectivity index (χ1v) is 11.1. The van der Waals surface area contributed by atoms with Crippen LogP contribution in [0, 0.1) is 11.7 Å². The molecule has 2 fully saturated rings. The summed E-state index contributed by atoms with van der Waals surface area (Å²) in [5.74, 6) is 0.586. The first-order chi connectivity index (χ1) is 14.6. The van der Waals surface area contributed by atoms with Gasteiger partial charge in [0.15, 0.2) is 5.96 Å². The number of carbonyl (C=O) groups excluding carboxylic acids is 1. The van der Waals surface area contributed by atoms with Crippen LogP contribution in [0.15, 0.2) is 29.3 Å². The van der Waals surface area contributed by atoms with E-state index < -0.39 is 0 Å². The minimum absolute atomic E-state index is 0.00280. The number of piperidine rings is 1. The number of carbonyl (C=O) groups is 1. The van der Waals surface area contributed by atoms with Crippen LogP contribution in [0.2, 0.25) is 0 Å². The van der Waals surface area contributed by atoms with E-state index in [4.69, 9.17) is 10.7 Å². The van der Waals surface area contributed by atoms with Crippen molar-refractivity contribution >= 4 is 17.6 Å². The third kappa shape index (κ3) is 6.32. The molecule has 1 atom stereocenters. The minimum Gasteiger partial charge on any atom is -0.369 e. The largest absolute Gasteiger partial charge is 0.369 e. The van der Waals surface area contributed by atoms with E-state index >= 15 is 0 Å². The van der Waals surface area contributed by atoms with E-state index in [0.29, 0.717) is 0 Å². The summed E-state index contributed by atoms with van der Waals surface area (Å²) >= 11 is 0. The van der Waals surface area contributed by atoms with Crippen molar-refractivity contribution in [2.24, 2.45) is 16.6 Å². The second kappa shape index (κ2) is 11.2. The molecule has 30 heavy (non-hydrogen) atoms. The highest BCUT2D eigenvalue weighted by atomic mass is 19.1. The molecule has 2 aliphatic heterocycles. The van der Waals surface area contributed by atoms with Gasteiger partial charge in [-0.1, -0.05) is 0 Å². The number of primary amides is 1. The maximum absolute atomic E-state index is 13.2. The maximum Gasteiger partial charge on any atom is 0.221 e. The molecule has 0 spiro atoms. The Kier molecular flexibility index (Phi) is 8.30. The van der Waals surface area contributed by atoms with Crippen molar-refractivity contribution in [1.29, 1.82) is 0 Å². The van der Waals surface area contributed by atoms with Gasteiger partial charge in [-0.3, -0.25) is 9.79 Å². The van der Waals surface area contributed by atoms with Crippen molar-refractivity contribution < 1.29 is 9.18 Å². The second-order valence-corrected chi connectivity index (χ2v) is 8.08. The van der Waals surface area contributed by atoms with Gasteiger partial charge in [0, 0.05) is 51.5 Å². The number of rotatable bonds is 7. The monoisotopic (exact) mass is 418 g/mol. The molecule has 0 saturated carbocycles. The lowest BCUT2D eigenvalue weighted by atomic mass is 9.97. The number of nitrogens with one attached hydrogen (secondary N) is 1. The zero-order valence-electron chi connectivity index (χ0n) is 18.0. The number of halogens is 1. The molecule has 1 amide bonds. The molecular formula is C22H35FN6O. The molecular weight excluding hydrogens is 383 g/mol. The summed E-state index contributed by atoms with van der Waals surface area (Å²) in [5.41, 5.74) is 6.54. The Morgan fingerprint density at radius 1 is 1.20 bits per heavy atom. The predicted molar refractivity (Wildman–Crippen MR) is 119 cm³/mol. The molecule has 2 saturated heterocycles. The molecule has 0 aliphatic carbocycles. The molecule has 8 heteroatoms. The van der Waals surface area contributed by atoms with Gasteiger partial charge in [-0.15, -0.1) is 0 Å².